The van der Waals surface area contributed by atoms with Gasteiger partial charge in [0, 0.05) is 19.3 Å². The molecule has 1 atom stereocenters. The predicted molar refractivity (Wildman–Crippen MR) is 78.1 cm³/mol. The first-order chi connectivity index (χ1) is 9.59. The van der Waals surface area contributed by atoms with Crippen LogP contribution in [0.15, 0.2) is 18.6 Å². The molecule has 1 aromatic rings. The first kappa shape index (κ1) is 14.9. The molecule has 1 heterocycles. The number of nitrogens with zero attached hydrogens (tertiary/aromatic N) is 4. The number of rotatable bonds is 5. The highest BCUT2D eigenvalue weighted by atomic mass is 16.2. The van der Waals surface area contributed by atoms with Gasteiger partial charge in [-0.1, -0.05) is 12.8 Å². The summed E-state index contributed by atoms with van der Waals surface area (Å²) in [6.07, 6.45) is 8.24. The van der Waals surface area contributed by atoms with Crippen molar-refractivity contribution in [3.63, 3.8) is 0 Å². The van der Waals surface area contributed by atoms with Crippen LogP contribution in [0.25, 0.3) is 0 Å². The van der Waals surface area contributed by atoms with E-state index in [0.29, 0.717) is 12.6 Å². The Morgan fingerprint density at radius 2 is 2.10 bits per heavy atom. The Kier molecular flexibility index (Phi) is 5.06. The van der Waals surface area contributed by atoms with Gasteiger partial charge in [-0.15, -0.1) is 0 Å². The minimum Gasteiger partial charge on any atom is -0.336 e. The lowest BCUT2D eigenvalue weighted by Gasteiger charge is -2.29. The van der Waals surface area contributed by atoms with Crippen LogP contribution in [0.1, 0.15) is 44.3 Å². The van der Waals surface area contributed by atoms with Crippen molar-refractivity contribution in [3.8, 4) is 0 Å². The summed E-state index contributed by atoms with van der Waals surface area (Å²) in [6.45, 7) is 2.48. The summed E-state index contributed by atoms with van der Waals surface area (Å²) < 4.78 is 0. The van der Waals surface area contributed by atoms with E-state index in [1.165, 1.54) is 32.0 Å². The molecule has 110 valence electrons. The maximum Gasteiger partial charge on any atom is 0.237 e. The largest absolute Gasteiger partial charge is 0.336 e. The molecular formula is C15H24N4O. The maximum atomic E-state index is 12.4. The van der Waals surface area contributed by atoms with E-state index in [4.69, 9.17) is 0 Å². The first-order valence-electron chi connectivity index (χ1n) is 7.31. The Balaban J connectivity index is 1.91. The highest BCUT2D eigenvalue weighted by molar-refractivity contribution is 5.78. The fourth-order valence-electron chi connectivity index (χ4n) is 2.76. The minimum atomic E-state index is -0.0255. The van der Waals surface area contributed by atoms with Crippen LogP contribution in [-0.2, 0) is 4.79 Å². The third-order valence-corrected chi connectivity index (χ3v) is 4.34. The molecule has 0 bridgehead atoms. The van der Waals surface area contributed by atoms with Gasteiger partial charge in [0.15, 0.2) is 0 Å². The van der Waals surface area contributed by atoms with Gasteiger partial charge in [-0.25, -0.2) is 9.97 Å². The van der Waals surface area contributed by atoms with Crippen LogP contribution in [0.5, 0.6) is 0 Å². The number of likely N-dealkylation sites (N-methyl/N-ethyl adjacent to an activating group) is 2. The van der Waals surface area contributed by atoms with Crippen molar-refractivity contribution in [2.45, 2.75) is 44.7 Å². The van der Waals surface area contributed by atoms with Crippen molar-refractivity contribution in [1.29, 1.82) is 0 Å². The van der Waals surface area contributed by atoms with Gasteiger partial charge >= 0.3 is 0 Å². The van der Waals surface area contributed by atoms with Crippen molar-refractivity contribution in [1.82, 2.24) is 19.8 Å². The van der Waals surface area contributed by atoms with E-state index in [1.807, 2.05) is 20.0 Å². The van der Waals surface area contributed by atoms with Crippen LogP contribution in [0, 0.1) is 0 Å². The van der Waals surface area contributed by atoms with Crippen LogP contribution in [0.3, 0.4) is 0 Å². The van der Waals surface area contributed by atoms with Crippen molar-refractivity contribution < 1.29 is 4.79 Å². The van der Waals surface area contributed by atoms with Crippen molar-refractivity contribution in [2.75, 3.05) is 20.6 Å². The highest BCUT2D eigenvalue weighted by Gasteiger charge is 2.24. The number of amides is 1. The van der Waals surface area contributed by atoms with Gasteiger partial charge in [-0.05, 0) is 32.9 Å². The molecule has 0 N–H and O–H groups in total. The normalized spacial score (nSPS) is 17.4. The smallest absolute Gasteiger partial charge is 0.237 e. The van der Waals surface area contributed by atoms with Crippen molar-refractivity contribution >= 4 is 5.91 Å². The molecule has 1 aromatic heterocycles. The molecule has 1 aliphatic rings. The van der Waals surface area contributed by atoms with Crippen LogP contribution < -0.4 is 0 Å². The van der Waals surface area contributed by atoms with Gasteiger partial charge in [0.1, 0.15) is 6.33 Å². The van der Waals surface area contributed by atoms with E-state index >= 15 is 0 Å². The Bertz CT molecular complexity index is 431. The van der Waals surface area contributed by atoms with Gasteiger partial charge in [0.05, 0.1) is 18.3 Å². The molecule has 0 aliphatic heterocycles. The summed E-state index contributed by atoms with van der Waals surface area (Å²) in [7, 11) is 3.90. The molecule has 5 nitrogen and oxygen atoms in total. The van der Waals surface area contributed by atoms with Crippen molar-refractivity contribution in [3.05, 3.63) is 24.3 Å². The van der Waals surface area contributed by atoms with Gasteiger partial charge < -0.3 is 4.90 Å². The van der Waals surface area contributed by atoms with Crippen molar-refractivity contribution in [2.24, 2.45) is 0 Å². The highest BCUT2D eigenvalue weighted by Crippen LogP contribution is 2.23. The molecule has 1 unspecified atom stereocenters. The fourth-order valence-corrected chi connectivity index (χ4v) is 2.76. The Morgan fingerprint density at radius 1 is 1.40 bits per heavy atom. The number of carbonyl (C=O) groups excluding carboxylic acids is 1. The quantitative estimate of drug-likeness (QED) is 0.824. The molecule has 0 aromatic carbocycles. The topological polar surface area (TPSA) is 49.3 Å². The number of aromatic nitrogens is 2. The molecule has 5 heteroatoms. The fraction of sp³-hybridized carbons (Fsp3) is 0.667. The SMILES string of the molecule is CC(c1ccncn1)N(C)C(=O)CN(C)C1CCCC1. The summed E-state index contributed by atoms with van der Waals surface area (Å²) in [5.74, 6) is 0.144. The lowest BCUT2D eigenvalue weighted by molar-refractivity contribution is -0.133. The van der Waals surface area contributed by atoms with Crippen LogP contribution in [0.4, 0.5) is 0 Å². The molecular weight excluding hydrogens is 252 g/mol. The molecule has 2 rings (SSSR count). The zero-order chi connectivity index (χ0) is 14.5. The predicted octanol–water partition coefficient (Wildman–Crippen LogP) is 1.87. The zero-order valence-corrected chi connectivity index (χ0v) is 12.6. The third-order valence-electron chi connectivity index (χ3n) is 4.34. The summed E-state index contributed by atoms with van der Waals surface area (Å²) in [5.41, 5.74) is 0.874. The van der Waals surface area contributed by atoms with Gasteiger partial charge in [-0.3, -0.25) is 9.69 Å². The maximum absolute atomic E-state index is 12.4. The monoisotopic (exact) mass is 276 g/mol. The zero-order valence-electron chi connectivity index (χ0n) is 12.6. The molecule has 1 fully saturated rings. The number of hydrogen-bond acceptors (Lipinski definition) is 4. The molecule has 0 spiro atoms. The second-order valence-corrected chi connectivity index (χ2v) is 5.67. The summed E-state index contributed by atoms with van der Waals surface area (Å²) in [6, 6.07) is 2.40. The van der Waals surface area contributed by atoms with Crippen LogP contribution in [-0.4, -0.2) is 52.4 Å². The van der Waals surface area contributed by atoms with E-state index in [0.717, 1.165) is 5.69 Å². The summed E-state index contributed by atoms with van der Waals surface area (Å²) in [4.78, 5) is 24.5. The Labute approximate surface area is 121 Å². The Morgan fingerprint density at radius 3 is 2.70 bits per heavy atom. The molecule has 0 radical (unpaired) electrons. The van der Waals surface area contributed by atoms with E-state index in [1.54, 1.807) is 11.1 Å². The average molecular weight is 276 g/mol. The molecule has 0 saturated heterocycles. The number of carbonyl (C=O) groups is 1. The minimum absolute atomic E-state index is 0.0255. The van der Waals surface area contributed by atoms with E-state index in [9.17, 15) is 4.79 Å². The second kappa shape index (κ2) is 6.79. The Hall–Kier alpha value is -1.49. The summed E-state index contributed by atoms with van der Waals surface area (Å²) >= 11 is 0. The molecule has 1 aliphatic carbocycles. The van der Waals surface area contributed by atoms with E-state index < -0.39 is 0 Å². The second-order valence-electron chi connectivity index (χ2n) is 5.67. The lowest BCUT2D eigenvalue weighted by atomic mass is 10.2. The molecule has 20 heavy (non-hydrogen) atoms. The molecule has 1 saturated carbocycles. The van der Waals surface area contributed by atoms with Gasteiger partial charge in [0.25, 0.3) is 0 Å². The molecule has 1 amide bonds. The van der Waals surface area contributed by atoms with Gasteiger partial charge in [-0.2, -0.15) is 0 Å². The standard InChI is InChI=1S/C15H24N4O/c1-12(14-8-9-16-11-17-14)19(3)15(20)10-18(2)13-6-4-5-7-13/h8-9,11-13H,4-7,10H2,1-3H3. The average Bonchev–Trinajstić information content (AvgIpc) is 3.01. The summed E-state index contributed by atoms with van der Waals surface area (Å²) in [5, 5.41) is 0. The van der Waals surface area contributed by atoms with Crippen LogP contribution >= 0.6 is 0 Å². The van der Waals surface area contributed by atoms with Gasteiger partial charge in [0.2, 0.25) is 5.91 Å². The van der Waals surface area contributed by atoms with Crippen LogP contribution in [0.2, 0.25) is 0 Å². The first-order valence-corrected chi connectivity index (χ1v) is 7.31. The number of hydrogen-bond donors (Lipinski definition) is 0. The van der Waals surface area contributed by atoms with E-state index in [2.05, 4.69) is 21.9 Å². The third kappa shape index (κ3) is 3.54. The lowest BCUT2D eigenvalue weighted by Crippen LogP contribution is -2.41. The van der Waals surface area contributed by atoms with E-state index in [-0.39, 0.29) is 11.9 Å².